The predicted molar refractivity (Wildman–Crippen MR) is 93.8 cm³/mol. The fourth-order valence-corrected chi connectivity index (χ4v) is 2.95. The molecule has 0 bridgehead atoms. The minimum atomic E-state index is -0.325. The van der Waals surface area contributed by atoms with Crippen molar-refractivity contribution in [2.75, 3.05) is 48.3 Å². The maximum absolute atomic E-state index is 11.2. The summed E-state index contributed by atoms with van der Waals surface area (Å²) in [5.41, 5.74) is 1.79. The molecule has 0 aliphatic carbocycles. The van der Waals surface area contributed by atoms with Crippen LogP contribution in [0.15, 0.2) is 30.5 Å². The number of anilines is 3. The minimum Gasteiger partial charge on any atom is -0.371 e. The van der Waals surface area contributed by atoms with E-state index in [9.17, 15) is 10.1 Å². The van der Waals surface area contributed by atoms with Gasteiger partial charge < -0.3 is 15.1 Å². The van der Waals surface area contributed by atoms with Crippen LogP contribution in [0.25, 0.3) is 0 Å². The number of aryl methyl sites for hydroxylation is 1. The standard InChI is InChI=1S/C16H20N6O2/c1-12-18-11-15(16(17-2)19-12)21-9-7-20(8-10-21)13-5-3-4-6-14(13)22(23)24/h3-6,11H,7-10H2,1-2H3,(H,17,18,19). The molecule has 0 radical (unpaired) electrons. The van der Waals surface area contributed by atoms with Crippen molar-refractivity contribution in [3.05, 3.63) is 46.4 Å². The van der Waals surface area contributed by atoms with Crippen molar-refractivity contribution in [3.8, 4) is 0 Å². The van der Waals surface area contributed by atoms with Gasteiger partial charge in [-0.1, -0.05) is 12.1 Å². The molecule has 0 unspecified atom stereocenters. The van der Waals surface area contributed by atoms with Crippen molar-refractivity contribution in [1.82, 2.24) is 9.97 Å². The maximum atomic E-state index is 11.2. The first-order valence-electron chi connectivity index (χ1n) is 7.85. The van der Waals surface area contributed by atoms with E-state index in [0.29, 0.717) is 18.8 Å². The smallest absolute Gasteiger partial charge is 0.292 e. The number of hydrogen-bond acceptors (Lipinski definition) is 7. The Hall–Kier alpha value is -2.90. The topological polar surface area (TPSA) is 87.4 Å². The highest BCUT2D eigenvalue weighted by Crippen LogP contribution is 2.30. The molecule has 0 spiro atoms. The lowest BCUT2D eigenvalue weighted by atomic mass is 10.2. The summed E-state index contributed by atoms with van der Waals surface area (Å²) in [6.07, 6.45) is 1.83. The molecular weight excluding hydrogens is 308 g/mol. The van der Waals surface area contributed by atoms with Crippen molar-refractivity contribution in [2.45, 2.75) is 6.92 Å². The molecule has 1 aromatic carbocycles. The van der Waals surface area contributed by atoms with Gasteiger partial charge in [-0.25, -0.2) is 9.97 Å². The van der Waals surface area contributed by atoms with E-state index in [0.717, 1.165) is 30.4 Å². The molecule has 8 nitrogen and oxygen atoms in total. The van der Waals surface area contributed by atoms with E-state index >= 15 is 0 Å². The Balaban J connectivity index is 1.76. The number of para-hydroxylation sites is 2. The Morgan fingerprint density at radius 1 is 1.12 bits per heavy atom. The summed E-state index contributed by atoms with van der Waals surface area (Å²) >= 11 is 0. The predicted octanol–water partition coefficient (Wildman–Crippen LogP) is 2.06. The second-order valence-corrected chi connectivity index (χ2v) is 5.62. The van der Waals surface area contributed by atoms with Crippen LogP contribution in [0.5, 0.6) is 0 Å². The summed E-state index contributed by atoms with van der Waals surface area (Å²) < 4.78 is 0. The molecule has 1 aliphatic rings. The third-order valence-corrected chi connectivity index (χ3v) is 4.17. The molecule has 0 atom stereocenters. The van der Waals surface area contributed by atoms with E-state index in [-0.39, 0.29) is 10.6 Å². The molecule has 1 aromatic heterocycles. The summed E-state index contributed by atoms with van der Waals surface area (Å²) in [5, 5.41) is 14.3. The minimum absolute atomic E-state index is 0.153. The molecule has 0 amide bonds. The largest absolute Gasteiger partial charge is 0.371 e. The fourth-order valence-electron chi connectivity index (χ4n) is 2.95. The number of rotatable bonds is 4. The number of nitrogens with zero attached hydrogens (tertiary/aromatic N) is 5. The molecule has 1 N–H and O–H groups in total. The quantitative estimate of drug-likeness (QED) is 0.679. The van der Waals surface area contributed by atoms with Crippen molar-refractivity contribution in [1.29, 1.82) is 0 Å². The lowest BCUT2D eigenvalue weighted by Gasteiger charge is -2.37. The van der Waals surface area contributed by atoms with Gasteiger partial charge in [-0.2, -0.15) is 0 Å². The first kappa shape index (κ1) is 16.0. The van der Waals surface area contributed by atoms with E-state index in [1.807, 2.05) is 32.3 Å². The van der Waals surface area contributed by atoms with Crippen LogP contribution in [0.2, 0.25) is 0 Å². The van der Waals surface area contributed by atoms with Crippen LogP contribution in [-0.2, 0) is 0 Å². The van der Waals surface area contributed by atoms with Gasteiger partial charge in [-0.05, 0) is 13.0 Å². The van der Waals surface area contributed by atoms with Crippen molar-refractivity contribution in [3.63, 3.8) is 0 Å². The molecule has 126 valence electrons. The van der Waals surface area contributed by atoms with Gasteiger partial charge in [0.05, 0.1) is 16.8 Å². The normalized spacial score (nSPS) is 14.6. The summed E-state index contributed by atoms with van der Waals surface area (Å²) in [6.45, 7) is 4.79. The summed E-state index contributed by atoms with van der Waals surface area (Å²) in [4.78, 5) is 23.8. The highest BCUT2D eigenvalue weighted by molar-refractivity contribution is 5.67. The number of hydrogen-bond donors (Lipinski definition) is 1. The molecule has 3 rings (SSSR count). The monoisotopic (exact) mass is 328 g/mol. The fraction of sp³-hybridized carbons (Fsp3) is 0.375. The number of nitro benzene ring substituents is 1. The van der Waals surface area contributed by atoms with E-state index in [1.54, 1.807) is 12.1 Å². The first-order valence-corrected chi connectivity index (χ1v) is 7.85. The Bertz CT molecular complexity index is 743. The Morgan fingerprint density at radius 2 is 1.75 bits per heavy atom. The van der Waals surface area contributed by atoms with Gasteiger partial charge in [0, 0.05) is 39.3 Å². The van der Waals surface area contributed by atoms with Gasteiger partial charge in [0.2, 0.25) is 0 Å². The molecule has 24 heavy (non-hydrogen) atoms. The van der Waals surface area contributed by atoms with Crippen LogP contribution in [0.4, 0.5) is 22.9 Å². The lowest BCUT2D eigenvalue weighted by Crippen LogP contribution is -2.47. The Morgan fingerprint density at radius 3 is 2.38 bits per heavy atom. The molecule has 1 aliphatic heterocycles. The molecule has 1 fully saturated rings. The number of piperazine rings is 1. The zero-order valence-corrected chi connectivity index (χ0v) is 13.8. The van der Waals surface area contributed by atoms with Crippen LogP contribution in [0, 0.1) is 17.0 Å². The second kappa shape index (κ2) is 6.69. The summed E-state index contributed by atoms with van der Waals surface area (Å²) in [5.74, 6) is 1.53. The number of aromatic nitrogens is 2. The van der Waals surface area contributed by atoms with Crippen molar-refractivity contribution < 1.29 is 4.92 Å². The van der Waals surface area contributed by atoms with Crippen molar-refractivity contribution >= 4 is 22.9 Å². The van der Waals surface area contributed by atoms with E-state index < -0.39 is 0 Å². The first-order chi connectivity index (χ1) is 11.6. The maximum Gasteiger partial charge on any atom is 0.292 e. The van der Waals surface area contributed by atoms with Gasteiger partial charge in [0.1, 0.15) is 11.5 Å². The molecule has 1 saturated heterocycles. The molecule has 2 heterocycles. The van der Waals surface area contributed by atoms with Gasteiger partial charge in [0.25, 0.3) is 5.69 Å². The van der Waals surface area contributed by atoms with Crippen LogP contribution in [-0.4, -0.2) is 48.1 Å². The highest BCUT2D eigenvalue weighted by Gasteiger charge is 2.24. The molecule has 0 saturated carbocycles. The average molecular weight is 328 g/mol. The number of nitrogens with one attached hydrogen (secondary N) is 1. The number of nitro groups is 1. The van der Waals surface area contributed by atoms with Gasteiger partial charge in [-0.15, -0.1) is 0 Å². The lowest BCUT2D eigenvalue weighted by molar-refractivity contribution is -0.384. The number of benzene rings is 1. The van der Waals surface area contributed by atoms with Crippen LogP contribution in [0.1, 0.15) is 5.82 Å². The van der Waals surface area contributed by atoms with Crippen LogP contribution >= 0.6 is 0 Å². The van der Waals surface area contributed by atoms with Crippen LogP contribution < -0.4 is 15.1 Å². The molecule has 2 aromatic rings. The van der Waals surface area contributed by atoms with E-state index in [4.69, 9.17) is 0 Å². The van der Waals surface area contributed by atoms with E-state index in [2.05, 4.69) is 25.1 Å². The zero-order valence-electron chi connectivity index (χ0n) is 13.8. The summed E-state index contributed by atoms with van der Waals surface area (Å²) in [7, 11) is 1.84. The summed E-state index contributed by atoms with van der Waals surface area (Å²) in [6, 6.07) is 6.89. The van der Waals surface area contributed by atoms with Gasteiger partial charge in [0.15, 0.2) is 5.82 Å². The molecular formula is C16H20N6O2. The van der Waals surface area contributed by atoms with Crippen molar-refractivity contribution in [2.24, 2.45) is 0 Å². The van der Waals surface area contributed by atoms with Gasteiger partial charge >= 0.3 is 0 Å². The second-order valence-electron chi connectivity index (χ2n) is 5.62. The SMILES string of the molecule is CNc1nc(C)ncc1N1CCN(c2ccccc2[N+](=O)[O-])CC1. The third-order valence-electron chi connectivity index (χ3n) is 4.17. The Kier molecular flexibility index (Phi) is 4.45. The molecule has 8 heteroatoms. The van der Waals surface area contributed by atoms with Crippen LogP contribution in [0.3, 0.4) is 0 Å². The van der Waals surface area contributed by atoms with E-state index in [1.165, 1.54) is 0 Å². The highest BCUT2D eigenvalue weighted by atomic mass is 16.6. The average Bonchev–Trinajstić information content (AvgIpc) is 2.61. The third kappa shape index (κ3) is 3.08. The Labute approximate surface area is 140 Å². The zero-order chi connectivity index (χ0) is 17.1. The van der Waals surface area contributed by atoms with Gasteiger partial charge in [-0.3, -0.25) is 10.1 Å².